The summed E-state index contributed by atoms with van der Waals surface area (Å²) >= 11 is 5.32. The molecule has 5 rings (SSSR count). The highest BCUT2D eigenvalue weighted by atomic mass is 32.1. The Bertz CT molecular complexity index is 1520. The number of hydrogen-bond donors (Lipinski definition) is 2. The van der Waals surface area contributed by atoms with Gasteiger partial charge < -0.3 is 14.2 Å². The standard InChI is InChI=1S/C27H21N3O3S/c1-16-8-9-19(14-17(16)2)22-12-13-24(32-22)25(31)30-27(34)28-20-10-11-23-21(15-20)29-26(33-23)18-6-4-3-5-7-18/h3-15H,1-2H3,(H2,28,30,31,34). The summed E-state index contributed by atoms with van der Waals surface area (Å²) in [7, 11) is 0. The van der Waals surface area contributed by atoms with Gasteiger partial charge in [0.05, 0.1) is 0 Å². The van der Waals surface area contributed by atoms with Crippen molar-refractivity contribution < 1.29 is 13.6 Å². The molecular formula is C27H21N3O3S. The molecule has 7 heteroatoms. The maximum Gasteiger partial charge on any atom is 0.293 e. The number of anilines is 1. The van der Waals surface area contributed by atoms with Gasteiger partial charge >= 0.3 is 0 Å². The van der Waals surface area contributed by atoms with E-state index in [1.807, 2.05) is 73.7 Å². The number of fused-ring (bicyclic) bond motifs is 1. The molecule has 0 fully saturated rings. The molecule has 5 aromatic rings. The number of carbonyl (C=O) groups excluding carboxylic acids is 1. The average Bonchev–Trinajstić information content (AvgIpc) is 3.49. The summed E-state index contributed by atoms with van der Waals surface area (Å²) in [6.45, 7) is 4.09. The van der Waals surface area contributed by atoms with Crippen molar-refractivity contribution in [3.05, 3.63) is 95.7 Å². The number of nitrogens with one attached hydrogen (secondary N) is 2. The van der Waals surface area contributed by atoms with Crippen molar-refractivity contribution in [2.24, 2.45) is 0 Å². The minimum absolute atomic E-state index is 0.153. The molecule has 0 saturated heterocycles. The maximum absolute atomic E-state index is 12.6. The number of aryl methyl sites for hydroxylation is 2. The van der Waals surface area contributed by atoms with E-state index in [2.05, 4.69) is 22.5 Å². The first kappa shape index (κ1) is 21.6. The van der Waals surface area contributed by atoms with Crippen LogP contribution in [0, 0.1) is 13.8 Å². The molecule has 34 heavy (non-hydrogen) atoms. The van der Waals surface area contributed by atoms with Crippen molar-refractivity contribution >= 4 is 40.0 Å². The lowest BCUT2D eigenvalue weighted by Gasteiger charge is -2.08. The van der Waals surface area contributed by atoms with Crippen LogP contribution in [-0.4, -0.2) is 16.0 Å². The Morgan fingerprint density at radius 2 is 1.68 bits per heavy atom. The van der Waals surface area contributed by atoms with Crippen LogP contribution in [0.25, 0.3) is 33.9 Å². The Morgan fingerprint density at radius 3 is 2.47 bits per heavy atom. The molecule has 2 aromatic heterocycles. The minimum Gasteiger partial charge on any atom is -0.451 e. The van der Waals surface area contributed by atoms with E-state index < -0.39 is 5.91 Å². The second-order valence-electron chi connectivity index (χ2n) is 7.94. The van der Waals surface area contributed by atoms with Gasteiger partial charge in [-0.2, -0.15) is 0 Å². The highest BCUT2D eigenvalue weighted by Gasteiger charge is 2.15. The zero-order valence-electron chi connectivity index (χ0n) is 18.6. The summed E-state index contributed by atoms with van der Waals surface area (Å²) in [4.78, 5) is 17.2. The van der Waals surface area contributed by atoms with Gasteiger partial charge in [-0.05, 0) is 85.7 Å². The quantitative estimate of drug-likeness (QED) is 0.294. The first-order valence-electron chi connectivity index (χ1n) is 10.7. The molecule has 1 amide bonds. The van der Waals surface area contributed by atoms with Crippen LogP contribution in [0.3, 0.4) is 0 Å². The lowest BCUT2D eigenvalue weighted by Crippen LogP contribution is -2.33. The molecule has 0 aliphatic rings. The number of nitrogens with zero attached hydrogens (tertiary/aromatic N) is 1. The zero-order chi connectivity index (χ0) is 23.7. The number of aromatic nitrogens is 1. The van der Waals surface area contributed by atoms with Crippen LogP contribution in [-0.2, 0) is 0 Å². The highest BCUT2D eigenvalue weighted by molar-refractivity contribution is 7.80. The Morgan fingerprint density at radius 1 is 0.853 bits per heavy atom. The van der Waals surface area contributed by atoms with Crippen molar-refractivity contribution in [1.29, 1.82) is 0 Å². The number of furan rings is 1. The molecule has 0 unspecified atom stereocenters. The zero-order valence-corrected chi connectivity index (χ0v) is 19.4. The van der Waals surface area contributed by atoms with Gasteiger partial charge in [-0.15, -0.1) is 0 Å². The SMILES string of the molecule is Cc1ccc(-c2ccc(C(=O)NC(=S)Nc3ccc4oc(-c5ccccc5)nc4c3)o2)cc1C. The van der Waals surface area contributed by atoms with Crippen molar-refractivity contribution in [2.75, 3.05) is 5.32 Å². The first-order valence-corrected chi connectivity index (χ1v) is 11.1. The topological polar surface area (TPSA) is 80.3 Å². The molecule has 0 spiro atoms. The Balaban J connectivity index is 1.26. The van der Waals surface area contributed by atoms with Gasteiger partial charge in [0, 0.05) is 16.8 Å². The van der Waals surface area contributed by atoms with Gasteiger partial charge in [-0.3, -0.25) is 10.1 Å². The van der Waals surface area contributed by atoms with Crippen LogP contribution in [0.1, 0.15) is 21.7 Å². The Hall–Kier alpha value is -4.23. The highest BCUT2D eigenvalue weighted by Crippen LogP contribution is 2.27. The van der Waals surface area contributed by atoms with Crippen LogP contribution in [0.4, 0.5) is 5.69 Å². The van der Waals surface area contributed by atoms with Crippen molar-refractivity contribution in [3.8, 4) is 22.8 Å². The fourth-order valence-corrected chi connectivity index (χ4v) is 3.76. The monoisotopic (exact) mass is 467 g/mol. The van der Waals surface area contributed by atoms with Crippen LogP contribution < -0.4 is 10.6 Å². The number of oxazole rings is 1. The van der Waals surface area contributed by atoms with E-state index in [0.717, 1.165) is 16.7 Å². The van der Waals surface area contributed by atoms with E-state index in [-0.39, 0.29) is 10.9 Å². The van der Waals surface area contributed by atoms with E-state index >= 15 is 0 Å². The summed E-state index contributed by atoms with van der Waals surface area (Å²) in [6.07, 6.45) is 0. The number of hydrogen-bond acceptors (Lipinski definition) is 5. The Labute approximate surface area is 201 Å². The normalized spacial score (nSPS) is 10.9. The number of amides is 1. The number of benzene rings is 3. The molecule has 2 heterocycles. The van der Waals surface area contributed by atoms with Gasteiger partial charge in [0.25, 0.3) is 5.91 Å². The van der Waals surface area contributed by atoms with E-state index in [0.29, 0.717) is 28.4 Å². The fraction of sp³-hybridized carbons (Fsp3) is 0.0741. The van der Waals surface area contributed by atoms with Crippen molar-refractivity contribution in [1.82, 2.24) is 10.3 Å². The lowest BCUT2D eigenvalue weighted by atomic mass is 10.1. The molecule has 6 nitrogen and oxygen atoms in total. The minimum atomic E-state index is -0.429. The summed E-state index contributed by atoms with van der Waals surface area (Å²) in [6, 6.07) is 24.6. The van der Waals surface area contributed by atoms with Crippen LogP contribution in [0.5, 0.6) is 0 Å². The second kappa shape index (κ2) is 8.96. The summed E-state index contributed by atoms with van der Waals surface area (Å²) < 4.78 is 11.6. The third kappa shape index (κ3) is 4.46. The van der Waals surface area contributed by atoms with Crippen LogP contribution in [0.2, 0.25) is 0 Å². The first-order chi connectivity index (χ1) is 16.5. The van der Waals surface area contributed by atoms with Crippen molar-refractivity contribution in [3.63, 3.8) is 0 Å². The number of thiocarbonyl (C=S) groups is 1. The van der Waals surface area contributed by atoms with Gasteiger partial charge in [0.15, 0.2) is 16.5 Å². The molecule has 168 valence electrons. The van der Waals surface area contributed by atoms with Crippen LogP contribution >= 0.6 is 12.2 Å². The molecule has 0 aliphatic heterocycles. The Kier molecular flexibility index (Phi) is 5.69. The number of carbonyl (C=O) groups is 1. The lowest BCUT2D eigenvalue weighted by molar-refractivity contribution is 0.0951. The van der Waals surface area contributed by atoms with Gasteiger partial charge in [-0.1, -0.05) is 30.3 Å². The molecule has 3 aromatic carbocycles. The summed E-state index contributed by atoms with van der Waals surface area (Å²) in [5.41, 5.74) is 6.19. The van der Waals surface area contributed by atoms with E-state index in [1.54, 1.807) is 12.1 Å². The average molecular weight is 468 g/mol. The summed E-state index contributed by atoms with van der Waals surface area (Å²) in [5, 5.41) is 5.82. The molecule has 0 aliphatic carbocycles. The number of rotatable bonds is 4. The molecule has 0 bridgehead atoms. The van der Waals surface area contributed by atoms with E-state index in [9.17, 15) is 4.79 Å². The predicted octanol–water partition coefficient (Wildman–Crippen LogP) is 6.50. The van der Waals surface area contributed by atoms with Crippen LogP contribution in [0.15, 0.2) is 87.7 Å². The maximum atomic E-state index is 12.6. The predicted molar refractivity (Wildman–Crippen MR) is 137 cm³/mol. The van der Waals surface area contributed by atoms with Crippen molar-refractivity contribution in [2.45, 2.75) is 13.8 Å². The molecular weight excluding hydrogens is 446 g/mol. The largest absolute Gasteiger partial charge is 0.451 e. The van der Waals surface area contributed by atoms with Gasteiger partial charge in [-0.25, -0.2) is 4.98 Å². The smallest absolute Gasteiger partial charge is 0.293 e. The third-order valence-electron chi connectivity index (χ3n) is 5.51. The van der Waals surface area contributed by atoms with Gasteiger partial charge in [0.1, 0.15) is 11.3 Å². The van der Waals surface area contributed by atoms with E-state index in [4.69, 9.17) is 21.1 Å². The third-order valence-corrected chi connectivity index (χ3v) is 5.72. The summed E-state index contributed by atoms with van der Waals surface area (Å²) in [5.74, 6) is 0.914. The molecule has 0 radical (unpaired) electrons. The van der Waals surface area contributed by atoms with Gasteiger partial charge in [0.2, 0.25) is 5.89 Å². The molecule has 2 N–H and O–H groups in total. The molecule has 0 saturated carbocycles. The second-order valence-corrected chi connectivity index (χ2v) is 8.35. The van der Waals surface area contributed by atoms with E-state index in [1.165, 1.54) is 5.56 Å². The fourth-order valence-electron chi connectivity index (χ4n) is 3.55. The molecule has 0 atom stereocenters.